The van der Waals surface area contributed by atoms with Crippen molar-refractivity contribution in [1.82, 2.24) is 5.32 Å². The van der Waals surface area contributed by atoms with Crippen LogP contribution in [0.3, 0.4) is 0 Å². The zero-order chi connectivity index (χ0) is 17.6. The van der Waals surface area contributed by atoms with E-state index in [1.165, 1.54) is 18.9 Å². The normalized spacial score (nSPS) is 13.4. The van der Waals surface area contributed by atoms with Crippen LogP contribution in [0, 0.1) is 10.1 Å². The monoisotopic (exact) mass is 339 g/mol. The molecule has 2 N–H and O–H groups in total. The van der Waals surface area contributed by atoms with Crippen molar-refractivity contribution in [2.75, 3.05) is 18.4 Å². The third kappa shape index (κ3) is 4.64. The summed E-state index contributed by atoms with van der Waals surface area (Å²) in [6, 6.07) is 14.0. The molecule has 0 bridgehead atoms. The Morgan fingerprint density at radius 3 is 2.52 bits per heavy atom. The van der Waals surface area contributed by atoms with E-state index in [0.717, 1.165) is 13.0 Å². The summed E-state index contributed by atoms with van der Waals surface area (Å²) in [7, 11) is 0. The third-order valence-electron chi connectivity index (χ3n) is 4.17. The summed E-state index contributed by atoms with van der Waals surface area (Å²) >= 11 is 0. The summed E-state index contributed by atoms with van der Waals surface area (Å²) < 4.78 is 0. The number of hydrogen-bond acceptors (Lipinski definition) is 5. The van der Waals surface area contributed by atoms with Crippen molar-refractivity contribution in [3.05, 3.63) is 69.8 Å². The lowest BCUT2D eigenvalue weighted by Crippen LogP contribution is -2.20. The molecule has 0 spiro atoms. The molecule has 6 heteroatoms. The van der Waals surface area contributed by atoms with E-state index < -0.39 is 4.92 Å². The second kappa shape index (κ2) is 7.90. The first-order valence-electron chi connectivity index (χ1n) is 8.50. The maximum Gasteiger partial charge on any atom is 0.293 e. The van der Waals surface area contributed by atoms with Crippen LogP contribution < -0.4 is 10.6 Å². The molecule has 0 aliphatic heterocycles. The van der Waals surface area contributed by atoms with Crippen LogP contribution in [0.1, 0.15) is 35.2 Å². The molecule has 2 aromatic rings. The van der Waals surface area contributed by atoms with Crippen LogP contribution in [0.2, 0.25) is 0 Å². The van der Waals surface area contributed by atoms with Gasteiger partial charge in [-0.15, -0.1) is 0 Å². The number of anilines is 1. The molecule has 0 radical (unpaired) electrons. The van der Waals surface area contributed by atoms with Gasteiger partial charge in [0.05, 0.1) is 4.92 Å². The standard InChI is InChI=1S/C19H21N3O3/c23-19(14-5-2-1-3-6-14)15-7-10-17(18(13-15)22(24)25)21-12-4-11-20-16-8-9-16/h1-3,5-7,10,13,16,20-21H,4,8-9,11-12H2. The van der Waals surface area contributed by atoms with Crippen molar-refractivity contribution in [1.29, 1.82) is 0 Å². The highest BCUT2D eigenvalue weighted by Gasteiger charge is 2.20. The van der Waals surface area contributed by atoms with Crippen molar-refractivity contribution in [2.45, 2.75) is 25.3 Å². The summed E-state index contributed by atoms with van der Waals surface area (Å²) in [4.78, 5) is 23.4. The van der Waals surface area contributed by atoms with Crippen LogP contribution in [-0.4, -0.2) is 29.8 Å². The molecule has 1 saturated carbocycles. The van der Waals surface area contributed by atoms with Gasteiger partial charge in [-0.1, -0.05) is 30.3 Å². The topological polar surface area (TPSA) is 84.3 Å². The Morgan fingerprint density at radius 1 is 1.08 bits per heavy atom. The molecule has 0 unspecified atom stereocenters. The Kier molecular flexibility index (Phi) is 5.40. The number of nitro benzene ring substituents is 1. The van der Waals surface area contributed by atoms with Gasteiger partial charge in [-0.25, -0.2) is 0 Å². The first-order chi connectivity index (χ1) is 12.1. The highest BCUT2D eigenvalue weighted by molar-refractivity contribution is 6.09. The van der Waals surface area contributed by atoms with Gasteiger partial charge in [0.1, 0.15) is 5.69 Å². The first-order valence-corrected chi connectivity index (χ1v) is 8.50. The molecule has 0 heterocycles. The van der Waals surface area contributed by atoms with Crippen molar-refractivity contribution >= 4 is 17.2 Å². The fourth-order valence-electron chi connectivity index (χ4n) is 2.63. The minimum absolute atomic E-state index is 0.0723. The molecule has 2 aromatic carbocycles. The Bertz CT molecular complexity index is 758. The SMILES string of the molecule is O=C(c1ccccc1)c1ccc(NCCCNC2CC2)c([N+](=O)[O-])c1. The Hall–Kier alpha value is -2.73. The van der Waals surface area contributed by atoms with Crippen LogP contribution in [0.5, 0.6) is 0 Å². The smallest absolute Gasteiger partial charge is 0.293 e. The molecule has 25 heavy (non-hydrogen) atoms. The number of hydrogen-bond donors (Lipinski definition) is 2. The molecule has 0 amide bonds. The van der Waals surface area contributed by atoms with E-state index >= 15 is 0 Å². The first kappa shape index (κ1) is 17.1. The summed E-state index contributed by atoms with van der Waals surface area (Å²) in [5.74, 6) is -0.219. The number of nitrogens with zero attached hydrogens (tertiary/aromatic N) is 1. The van der Waals surface area contributed by atoms with E-state index in [4.69, 9.17) is 0 Å². The van der Waals surface area contributed by atoms with E-state index in [-0.39, 0.29) is 11.5 Å². The summed E-state index contributed by atoms with van der Waals surface area (Å²) in [6.45, 7) is 1.54. The number of nitro groups is 1. The number of ketones is 1. The second-order valence-electron chi connectivity index (χ2n) is 6.19. The molecule has 1 aliphatic carbocycles. The van der Waals surface area contributed by atoms with Gasteiger partial charge < -0.3 is 10.6 Å². The van der Waals surface area contributed by atoms with Gasteiger partial charge in [-0.05, 0) is 37.9 Å². The Morgan fingerprint density at radius 2 is 1.84 bits per heavy atom. The van der Waals surface area contributed by atoms with Crippen LogP contribution in [-0.2, 0) is 0 Å². The van der Waals surface area contributed by atoms with Gasteiger partial charge in [0.25, 0.3) is 5.69 Å². The second-order valence-corrected chi connectivity index (χ2v) is 6.19. The summed E-state index contributed by atoms with van der Waals surface area (Å²) in [6.07, 6.45) is 3.38. The predicted octanol–water partition coefficient (Wildman–Crippen LogP) is 3.38. The van der Waals surface area contributed by atoms with E-state index in [0.29, 0.717) is 29.4 Å². The quantitative estimate of drug-likeness (QED) is 0.317. The largest absolute Gasteiger partial charge is 0.379 e. The lowest BCUT2D eigenvalue weighted by atomic mass is 10.0. The van der Waals surface area contributed by atoms with Crippen molar-refractivity contribution in [3.63, 3.8) is 0 Å². The minimum atomic E-state index is -0.452. The predicted molar refractivity (Wildman–Crippen MR) is 97.1 cm³/mol. The number of carbonyl (C=O) groups is 1. The van der Waals surface area contributed by atoms with Gasteiger partial charge in [0.15, 0.2) is 5.78 Å². The van der Waals surface area contributed by atoms with Crippen molar-refractivity contribution in [2.24, 2.45) is 0 Å². The van der Waals surface area contributed by atoms with E-state index in [9.17, 15) is 14.9 Å². The van der Waals surface area contributed by atoms with Gasteiger partial charge in [-0.2, -0.15) is 0 Å². The minimum Gasteiger partial charge on any atom is -0.379 e. The number of rotatable bonds is 9. The molecule has 3 rings (SSSR count). The molecule has 1 fully saturated rings. The lowest BCUT2D eigenvalue weighted by Gasteiger charge is -2.09. The fourth-order valence-corrected chi connectivity index (χ4v) is 2.63. The fraction of sp³-hybridized carbons (Fsp3) is 0.316. The van der Waals surface area contributed by atoms with Gasteiger partial charge >= 0.3 is 0 Å². The average molecular weight is 339 g/mol. The summed E-state index contributed by atoms with van der Waals surface area (Å²) in [5.41, 5.74) is 1.21. The van der Waals surface area contributed by atoms with Gasteiger partial charge in [-0.3, -0.25) is 14.9 Å². The molecular formula is C19H21N3O3. The van der Waals surface area contributed by atoms with E-state index in [2.05, 4.69) is 10.6 Å². The number of nitrogens with one attached hydrogen (secondary N) is 2. The van der Waals surface area contributed by atoms with E-state index in [1.54, 1.807) is 36.4 Å². The zero-order valence-corrected chi connectivity index (χ0v) is 13.9. The average Bonchev–Trinajstić information content (AvgIpc) is 3.46. The highest BCUT2D eigenvalue weighted by atomic mass is 16.6. The molecule has 130 valence electrons. The van der Waals surface area contributed by atoms with Crippen LogP contribution in [0.25, 0.3) is 0 Å². The lowest BCUT2D eigenvalue weighted by molar-refractivity contribution is -0.384. The molecule has 1 aliphatic rings. The molecule has 0 atom stereocenters. The number of carbonyl (C=O) groups excluding carboxylic acids is 1. The van der Waals surface area contributed by atoms with Gasteiger partial charge in [0.2, 0.25) is 0 Å². The molecular weight excluding hydrogens is 318 g/mol. The third-order valence-corrected chi connectivity index (χ3v) is 4.17. The summed E-state index contributed by atoms with van der Waals surface area (Å²) in [5, 5.41) is 17.9. The molecule has 0 saturated heterocycles. The molecule has 0 aromatic heterocycles. The molecule has 6 nitrogen and oxygen atoms in total. The van der Waals surface area contributed by atoms with Crippen LogP contribution in [0.15, 0.2) is 48.5 Å². The Balaban J connectivity index is 1.67. The number of benzene rings is 2. The van der Waals surface area contributed by atoms with Crippen molar-refractivity contribution in [3.8, 4) is 0 Å². The van der Waals surface area contributed by atoms with Crippen molar-refractivity contribution < 1.29 is 9.72 Å². The Labute approximate surface area is 146 Å². The van der Waals surface area contributed by atoms with Crippen LogP contribution >= 0.6 is 0 Å². The van der Waals surface area contributed by atoms with Gasteiger partial charge in [0, 0.05) is 29.8 Å². The van der Waals surface area contributed by atoms with E-state index in [1.807, 2.05) is 6.07 Å². The maximum atomic E-state index is 12.5. The van der Waals surface area contributed by atoms with Crippen LogP contribution in [0.4, 0.5) is 11.4 Å². The highest BCUT2D eigenvalue weighted by Crippen LogP contribution is 2.26. The maximum absolute atomic E-state index is 12.5. The zero-order valence-electron chi connectivity index (χ0n) is 13.9.